The Hall–Kier alpha value is -3.55. The van der Waals surface area contributed by atoms with Crippen LogP contribution in [0.4, 0.5) is 0 Å². The van der Waals surface area contributed by atoms with Crippen molar-refractivity contribution in [2.45, 2.75) is 31.8 Å². The maximum atomic E-state index is 9.57. The Morgan fingerprint density at radius 2 is 2.18 bits per heavy atom. The molecule has 0 spiro atoms. The minimum atomic E-state index is -0.137. The van der Waals surface area contributed by atoms with E-state index in [0.29, 0.717) is 24.2 Å². The van der Waals surface area contributed by atoms with Gasteiger partial charge >= 0.3 is 0 Å². The number of ether oxygens (including phenoxy) is 1. The molecule has 4 heterocycles. The number of fused-ring (bicyclic) bond motifs is 4. The van der Waals surface area contributed by atoms with E-state index < -0.39 is 0 Å². The predicted octanol–water partition coefficient (Wildman–Crippen LogP) is 3.64. The Bertz CT molecular complexity index is 1130. The molecule has 2 aromatic rings. The average molecular weight is 443 g/mol. The number of hydrogen-bond acceptors (Lipinski definition) is 7. The normalized spacial score (nSPS) is 24.2. The fraction of sp³-hybridized carbons (Fsp3) is 0.423. The van der Waals surface area contributed by atoms with Crippen LogP contribution in [0.5, 0.6) is 5.75 Å². The molecule has 3 saturated heterocycles. The topological polar surface area (TPSA) is 97.0 Å². The van der Waals surface area contributed by atoms with Gasteiger partial charge in [-0.3, -0.25) is 9.88 Å². The Labute approximate surface area is 195 Å². The summed E-state index contributed by atoms with van der Waals surface area (Å²) in [5, 5.41) is 26.9. The molecule has 0 amide bonds. The molecule has 2 bridgehead atoms. The molecule has 2 N–H and O–H groups in total. The number of methoxy groups -OCH3 is 1. The van der Waals surface area contributed by atoms with Gasteiger partial charge in [-0.15, -0.1) is 6.58 Å². The fourth-order valence-corrected chi connectivity index (χ4v) is 5.33. The van der Waals surface area contributed by atoms with Crippen LogP contribution in [0.2, 0.25) is 0 Å². The van der Waals surface area contributed by atoms with E-state index in [2.05, 4.69) is 33.2 Å². The van der Waals surface area contributed by atoms with Gasteiger partial charge in [0.25, 0.3) is 0 Å². The van der Waals surface area contributed by atoms with E-state index in [1.807, 2.05) is 49.5 Å². The minimum absolute atomic E-state index is 0.0535. The van der Waals surface area contributed by atoms with Gasteiger partial charge in [-0.1, -0.05) is 6.08 Å². The number of nitrogens with zero attached hydrogens (tertiary/aromatic N) is 4. The van der Waals surface area contributed by atoms with E-state index in [4.69, 9.17) is 4.74 Å². The van der Waals surface area contributed by atoms with Crippen molar-refractivity contribution in [2.75, 3.05) is 26.7 Å². The maximum absolute atomic E-state index is 9.57. The lowest BCUT2D eigenvalue weighted by Crippen LogP contribution is -2.57. The van der Waals surface area contributed by atoms with E-state index in [9.17, 15) is 10.5 Å². The van der Waals surface area contributed by atoms with Gasteiger partial charge in [0.1, 0.15) is 23.7 Å². The third kappa shape index (κ3) is 4.37. The first-order chi connectivity index (χ1) is 16.1. The predicted molar refractivity (Wildman–Crippen MR) is 128 cm³/mol. The van der Waals surface area contributed by atoms with Crippen LogP contribution in [0.15, 0.2) is 54.5 Å². The SMILES string of the molecule is C=CC1CN2CCC1CC2[C@@H](NC(NCC)=C(C#N)C#N)c1ccnc2ccc(OC)cc12. The number of aromatic nitrogens is 1. The Kier molecular flexibility index (Phi) is 6.82. The zero-order valence-corrected chi connectivity index (χ0v) is 19.2. The first-order valence-electron chi connectivity index (χ1n) is 11.5. The molecule has 1 aromatic heterocycles. The smallest absolute Gasteiger partial charge is 0.169 e. The third-order valence-electron chi connectivity index (χ3n) is 6.98. The molecule has 3 aliphatic rings. The highest BCUT2D eigenvalue weighted by molar-refractivity contribution is 5.84. The molecule has 0 aliphatic carbocycles. The van der Waals surface area contributed by atoms with Gasteiger partial charge in [-0.2, -0.15) is 10.5 Å². The molecule has 5 atom stereocenters. The lowest BCUT2D eigenvalue weighted by atomic mass is 9.73. The fourth-order valence-electron chi connectivity index (χ4n) is 5.33. The van der Waals surface area contributed by atoms with Gasteiger partial charge in [-0.05, 0) is 68.0 Å². The second-order valence-corrected chi connectivity index (χ2v) is 8.66. The van der Waals surface area contributed by atoms with Gasteiger partial charge < -0.3 is 15.4 Å². The first-order valence-corrected chi connectivity index (χ1v) is 11.5. The van der Waals surface area contributed by atoms with Crippen LogP contribution in [0, 0.1) is 34.5 Å². The second-order valence-electron chi connectivity index (χ2n) is 8.66. The van der Waals surface area contributed by atoms with Crippen LogP contribution in [-0.2, 0) is 0 Å². The highest BCUT2D eigenvalue weighted by Crippen LogP contribution is 2.42. The Morgan fingerprint density at radius 1 is 1.36 bits per heavy atom. The van der Waals surface area contributed by atoms with Crippen LogP contribution >= 0.6 is 0 Å². The lowest BCUT2D eigenvalue weighted by molar-refractivity contribution is 0.00254. The highest BCUT2D eigenvalue weighted by atomic mass is 16.5. The number of piperidine rings is 3. The molecule has 0 saturated carbocycles. The number of rotatable bonds is 8. The number of pyridine rings is 1. The first kappa shape index (κ1) is 22.6. The van der Waals surface area contributed by atoms with Crippen molar-refractivity contribution in [3.05, 3.63) is 60.1 Å². The van der Waals surface area contributed by atoms with E-state index in [1.165, 1.54) is 6.42 Å². The van der Waals surface area contributed by atoms with Gasteiger partial charge in [0.05, 0.1) is 18.7 Å². The zero-order chi connectivity index (χ0) is 23.4. The Morgan fingerprint density at radius 3 is 2.82 bits per heavy atom. The molecule has 3 fully saturated rings. The summed E-state index contributed by atoms with van der Waals surface area (Å²) in [4.78, 5) is 7.08. The average Bonchev–Trinajstić information content (AvgIpc) is 2.87. The van der Waals surface area contributed by atoms with E-state index in [-0.39, 0.29) is 17.7 Å². The molecule has 1 aromatic carbocycles. The molecule has 170 valence electrons. The minimum Gasteiger partial charge on any atom is -0.497 e. The summed E-state index contributed by atoms with van der Waals surface area (Å²) in [5.41, 5.74) is 2.02. The molecular weight excluding hydrogens is 412 g/mol. The largest absolute Gasteiger partial charge is 0.497 e. The van der Waals surface area contributed by atoms with Crippen molar-refractivity contribution in [1.29, 1.82) is 10.5 Å². The standard InChI is InChI=1S/C26H30N6O/c1-4-17-16-32-11-9-18(17)12-24(32)25(31-26(29-5-2)19(14-27)15-28)21-8-10-30-23-7-6-20(33-3)13-22(21)23/h4,6-8,10,13,17-18,24-25,29,31H,1,5,9,11-12,16H2,2-3H3/t17?,18?,24?,25-/m0/s1. The summed E-state index contributed by atoms with van der Waals surface area (Å²) in [5.74, 6) is 2.33. The molecular formula is C26H30N6O. The van der Waals surface area contributed by atoms with E-state index in [1.54, 1.807) is 7.11 Å². The summed E-state index contributed by atoms with van der Waals surface area (Å²) >= 11 is 0. The molecule has 33 heavy (non-hydrogen) atoms. The van der Waals surface area contributed by atoms with Gasteiger partial charge in [0.2, 0.25) is 0 Å². The summed E-state index contributed by atoms with van der Waals surface area (Å²) < 4.78 is 5.50. The number of benzene rings is 1. The van der Waals surface area contributed by atoms with Crippen molar-refractivity contribution in [3.63, 3.8) is 0 Å². The summed E-state index contributed by atoms with van der Waals surface area (Å²) in [6, 6.07) is 12.1. The Balaban J connectivity index is 1.83. The van der Waals surface area contributed by atoms with Crippen molar-refractivity contribution < 1.29 is 4.74 Å². The zero-order valence-electron chi connectivity index (χ0n) is 19.2. The van der Waals surface area contributed by atoms with Crippen LogP contribution in [0.1, 0.15) is 31.4 Å². The van der Waals surface area contributed by atoms with Crippen LogP contribution in [0.25, 0.3) is 10.9 Å². The number of hydrogen-bond donors (Lipinski definition) is 2. The highest BCUT2D eigenvalue weighted by Gasteiger charge is 2.43. The second kappa shape index (κ2) is 9.94. The molecule has 5 rings (SSSR count). The quantitative estimate of drug-likeness (QED) is 0.476. The van der Waals surface area contributed by atoms with E-state index >= 15 is 0 Å². The van der Waals surface area contributed by atoms with Crippen LogP contribution in [-0.4, -0.2) is 42.7 Å². The molecule has 7 heteroatoms. The van der Waals surface area contributed by atoms with Gasteiger partial charge in [0, 0.05) is 30.7 Å². The number of allylic oxidation sites excluding steroid dienone is 1. The molecule has 7 nitrogen and oxygen atoms in total. The van der Waals surface area contributed by atoms with Crippen molar-refractivity contribution in [2.24, 2.45) is 11.8 Å². The third-order valence-corrected chi connectivity index (χ3v) is 6.98. The summed E-state index contributed by atoms with van der Waals surface area (Å²) in [6.45, 7) is 8.62. The maximum Gasteiger partial charge on any atom is 0.169 e. The monoisotopic (exact) mass is 442 g/mol. The van der Waals surface area contributed by atoms with Crippen molar-refractivity contribution in [3.8, 4) is 17.9 Å². The van der Waals surface area contributed by atoms with Crippen LogP contribution in [0.3, 0.4) is 0 Å². The van der Waals surface area contributed by atoms with Crippen molar-refractivity contribution >= 4 is 10.9 Å². The molecule has 0 radical (unpaired) electrons. The van der Waals surface area contributed by atoms with E-state index in [0.717, 1.165) is 41.7 Å². The lowest BCUT2D eigenvalue weighted by Gasteiger charge is -2.52. The summed E-state index contributed by atoms with van der Waals surface area (Å²) in [7, 11) is 1.66. The molecule has 4 unspecified atom stereocenters. The van der Waals surface area contributed by atoms with Gasteiger partial charge in [-0.25, -0.2) is 0 Å². The summed E-state index contributed by atoms with van der Waals surface area (Å²) in [6.07, 6.45) is 6.11. The van der Waals surface area contributed by atoms with Crippen LogP contribution < -0.4 is 15.4 Å². The van der Waals surface area contributed by atoms with Gasteiger partial charge in [0.15, 0.2) is 5.57 Å². The number of nitriles is 2. The van der Waals surface area contributed by atoms with Crippen molar-refractivity contribution in [1.82, 2.24) is 20.5 Å². The molecule has 3 aliphatic heterocycles. The number of nitrogens with one attached hydrogen (secondary N) is 2.